The lowest BCUT2D eigenvalue weighted by Crippen LogP contribution is -2.27. The van der Waals surface area contributed by atoms with E-state index in [1.54, 1.807) is 0 Å². The summed E-state index contributed by atoms with van der Waals surface area (Å²) in [5, 5.41) is 2.88. The molecule has 1 aromatic carbocycles. The first-order chi connectivity index (χ1) is 7.81. The molecule has 0 bridgehead atoms. The Morgan fingerprint density at radius 2 is 2.19 bits per heavy atom. The molecule has 3 nitrogen and oxygen atoms in total. The number of carbonyl (C=O) groups is 1. The second-order valence-electron chi connectivity index (χ2n) is 4.14. The maximum Gasteiger partial charge on any atom is 0.407 e. The number of benzene rings is 1. The van der Waals surface area contributed by atoms with Crippen LogP contribution in [0.2, 0.25) is 0 Å². The number of alkyl carbamates (subject to hydrolysis) is 1. The minimum Gasteiger partial charge on any atom is -0.450 e. The second kappa shape index (κ2) is 5.01. The summed E-state index contributed by atoms with van der Waals surface area (Å²) in [6.07, 6.45) is 1.59. The first kappa shape index (κ1) is 11.0. The zero-order valence-corrected chi connectivity index (χ0v) is 9.48. The Kier molecular flexibility index (Phi) is 3.44. The van der Waals surface area contributed by atoms with Crippen molar-refractivity contribution in [1.82, 2.24) is 5.32 Å². The second-order valence-corrected chi connectivity index (χ2v) is 4.14. The lowest BCUT2D eigenvalue weighted by molar-refractivity contribution is 0.145. The topological polar surface area (TPSA) is 38.3 Å². The molecule has 1 aromatic rings. The van der Waals surface area contributed by atoms with Crippen molar-refractivity contribution in [1.29, 1.82) is 0 Å². The van der Waals surface area contributed by atoms with E-state index in [9.17, 15) is 4.79 Å². The lowest BCUT2D eigenvalue weighted by atomic mass is 10.1. The molecule has 1 amide bonds. The predicted octanol–water partition coefficient (Wildman–Crippen LogP) is 2.68. The van der Waals surface area contributed by atoms with Gasteiger partial charge in [0.2, 0.25) is 0 Å². The van der Waals surface area contributed by atoms with Crippen LogP contribution in [0.25, 0.3) is 0 Å². The van der Waals surface area contributed by atoms with E-state index in [-0.39, 0.29) is 12.1 Å². The number of amides is 1. The van der Waals surface area contributed by atoms with Gasteiger partial charge in [-0.1, -0.05) is 37.3 Å². The van der Waals surface area contributed by atoms with Crippen LogP contribution in [-0.4, -0.2) is 18.7 Å². The van der Waals surface area contributed by atoms with Crippen LogP contribution in [-0.2, 0) is 4.74 Å². The molecule has 2 atom stereocenters. The number of ether oxygens (including phenoxy) is 1. The monoisotopic (exact) mass is 219 g/mol. The first-order valence-electron chi connectivity index (χ1n) is 5.79. The van der Waals surface area contributed by atoms with Crippen LogP contribution in [0.4, 0.5) is 4.79 Å². The van der Waals surface area contributed by atoms with E-state index < -0.39 is 0 Å². The molecular formula is C13H17NO2. The molecule has 1 N–H and O–H groups in total. The van der Waals surface area contributed by atoms with E-state index in [4.69, 9.17) is 4.74 Å². The summed E-state index contributed by atoms with van der Waals surface area (Å²) < 4.78 is 4.98. The summed E-state index contributed by atoms with van der Waals surface area (Å²) in [6, 6.07) is 10.5. The average molecular weight is 219 g/mol. The molecule has 86 valence electrons. The zero-order valence-electron chi connectivity index (χ0n) is 9.48. The van der Waals surface area contributed by atoms with Gasteiger partial charge in [-0.3, -0.25) is 0 Å². The van der Waals surface area contributed by atoms with Crippen LogP contribution in [0.3, 0.4) is 0 Å². The number of hydrogen-bond donors (Lipinski definition) is 1. The molecule has 0 spiro atoms. The predicted molar refractivity (Wildman–Crippen MR) is 62.4 cm³/mol. The molecule has 1 fully saturated rings. The van der Waals surface area contributed by atoms with Crippen molar-refractivity contribution in [3.63, 3.8) is 0 Å². The maximum atomic E-state index is 11.3. The summed E-state index contributed by atoms with van der Waals surface area (Å²) in [5.41, 5.74) is 1.29. The molecule has 1 saturated carbocycles. The highest BCUT2D eigenvalue weighted by atomic mass is 16.5. The van der Waals surface area contributed by atoms with Crippen LogP contribution in [0.1, 0.15) is 31.2 Å². The SMILES string of the molecule is CCCOC(=O)N[C@H]1C[C@H]1c1ccccc1. The Hall–Kier alpha value is -1.51. The Bertz CT molecular complexity index is 350. The third-order valence-corrected chi connectivity index (χ3v) is 2.76. The van der Waals surface area contributed by atoms with Crippen LogP contribution in [0.5, 0.6) is 0 Å². The fourth-order valence-corrected chi connectivity index (χ4v) is 1.81. The quantitative estimate of drug-likeness (QED) is 0.845. The molecule has 0 aromatic heterocycles. The van der Waals surface area contributed by atoms with Crippen LogP contribution in [0, 0.1) is 0 Å². The molecule has 0 heterocycles. The Morgan fingerprint density at radius 1 is 1.44 bits per heavy atom. The third-order valence-electron chi connectivity index (χ3n) is 2.76. The molecule has 0 aliphatic heterocycles. The Balaban J connectivity index is 1.77. The normalized spacial score (nSPS) is 22.6. The van der Waals surface area contributed by atoms with Gasteiger partial charge < -0.3 is 10.1 Å². The van der Waals surface area contributed by atoms with Gasteiger partial charge in [0.25, 0.3) is 0 Å². The van der Waals surface area contributed by atoms with Gasteiger partial charge in [0, 0.05) is 12.0 Å². The largest absolute Gasteiger partial charge is 0.450 e. The summed E-state index contributed by atoms with van der Waals surface area (Å²) in [7, 11) is 0. The molecule has 0 unspecified atom stereocenters. The molecule has 1 aliphatic carbocycles. The number of hydrogen-bond acceptors (Lipinski definition) is 2. The highest BCUT2D eigenvalue weighted by molar-refractivity contribution is 5.68. The van der Waals surface area contributed by atoms with Gasteiger partial charge in [0.15, 0.2) is 0 Å². The molecule has 0 saturated heterocycles. The van der Waals surface area contributed by atoms with E-state index in [1.807, 2.05) is 25.1 Å². The van der Waals surface area contributed by atoms with Crippen LogP contribution >= 0.6 is 0 Å². The van der Waals surface area contributed by atoms with E-state index in [0.717, 1.165) is 12.8 Å². The molecule has 3 heteroatoms. The highest BCUT2D eigenvalue weighted by Gasteiger charge is 2.39. The molecule has 0 radical (unpaired) electrons. The van der Waals surface area contributed by atoms with Gasteiger partial charge in [-0.05, 0) is 18.4 Å². The molecule has 16 heavy (non-hydrogen) atoms. The van der Waals surface area contributed by atoms with Crippen molar-refractivity contribution in [2.24, 2.45) is 0 Å². The van der Waals surface area contributed by atoms with Gasteiger partial charge in [-0.25, -0.2) is 4.79 Å². The summed E-state index contributed by atoms with van der Waals surface area (Å²) in [6.45, 7) is 2.48. The van der Waals surface area contributed by atoms with Gasteiger partial charge in [-0.2, -0.15) is 0 Å². The summed E-state index contributed by atoms with van der Waals surface area (Å²) in [4.78, 5) is 11.3. The number of rotatable bonds is 4. The summed E-state index contributed by atoms with van der Waals surface area (Å²) in [5.74, 6) is 0.468. The van der Waals surface area contributed by atoms with Crippen molar-refractivity contribution in [3.05, 3.63) is 35.9 Å². The van der Waals surface area contributed by atoms with E-state index >= 15 is 0 Å². The van der Waals surface area contributed by atoms with Crippen LogP contribution < -0.4 is 5.32 Å². The highest BCUT2D eigenvalue weighted by Crippen LogP contribution is 2.40. The molecular weight excluding hydrogens is 202 g/mol. The van der Waals surface area contributed by atoms with Gasteiger partial charge >= 0.3 is 6.09 Å². The fourth-order valence-electron chi connectivity index (χ4n) is 1.81. The minimum atomic E-state index is -0.287. The van der Waals surface area contributed by atoms with Gasteiger partial charge in [-0.15, -0.1) is 0 Å². The molecule has 2 rings (SSSR count). The van der Waals surface area contributed by atoms with E-state index in [2.05, 4.69) is 17.4 Å². The number of nitrogens with one attached hydrogen (secondary N) is 1. The lowest BCUT2D eigenvalue weighted by Gasteiger charge is -2.05. The van der Waals surface area contributed by atoms with Gasteiger partial charge in [0.05, 0.1) is 6.61 Å². The maximum absolute atomic E-state index is 11.3. The van der Waals surface area contributed by atoms with Crippen molar-refractivity contribution >= 4 is 6.09 Å². The molecule has 1 aliphatic rings. The third kappa shape index (κ3) is 2.75. The van der Waals surface area contributed by atoms with E-state index in [0.29, 0.717) is 12.5 Å². The first-order valence-corrected chi connectivity index (χ1v) is 5.79. The standard InChI is InChI=1S/C13H17NO2/c1-2-8-16-13(15)14-12-9-11(12)10-6-4-3-5-7-10/h3-7,11-12H,2,8-9H2,1H3,(H,14,15)/t11-,12-/m0/s1. The average Bonchev–Trinajstić information content (AvgIpc) is 3.07. The zero-order chi connectivity index (χ0) is 11.4. The van der Waals surface area contributed by atoms with E-state index in [1.165, 1.54) is 5.56 Å². The number of carbonyl (C=O) groups excluding carboxylic acids is 1. The Labute approximate surface area is 95.8 Å². The van der Waals surface area contributed by atoms with Gasteiger partial charge in [0.1, 0.15) is 0 Å². The summed E-state index contributed by atoms with van der Waals surface area (Å²) >= 11 is 0. The minimum absolute atomic E-state index is 0.256. The van der Waals surface area contributed by atoms with Crippen molar-refractivity contribution in [2.45, 2.75) is 31.7 Å². The van der Waals surface area contributed by atoms with Crippen LogP contribution in [0.15, 0.2) is 30.3 Å². The Morgan fingerprint density at radius 3 is 2.88 bits per heavy atom. The van der Waals surface area contributed by atoms with Crippen molar-refractivity contribution in [2.75, 3.05) is 6.61 Å². The fraction of sp³-hybridized carbons (Fsp3) is 0.462. The van der Waals surface area contributed by atoms with Crippen molar-refractivity contribution < 1.29 is 9.53 Å². The smallest absolute Gasteiger partial charge is 0.407 e. The van der Waals surface area contributed by atoms with Crippen molar-refractivity contribution in [3.8, 4) is 0 Å².